The van der Waals surface area contributed by atoms with Gasteiger partial charge in [0.05, 0.1) is 6.10 Å². The third-order valence-corrected chi connectivity index (χ3v) is 3.42. The molecule has 0 radical (unpaired) electrons. The van der Waals surface area contributed by atoms with Crippen molar-refractivity contribution in [2.45, 2.75) is 32.8 Å². The highest BCUT2D eigenvalue weighted by molar-refractivity contribution is 7.80. The summed E-state index contributed by atoms with van der Waals surface area (Å²) in [6.45, 7) is 7.47. The van der Waals surface area contributed by atoms with Gasteiger partial charge in [0.2, 0.25) is 0 Å². The second-order valence-electron chi connectivity index (χ2n) is 4.85. The van der Waals surface area contributed by atoms with Crippen LogP contribution in [0.4, 0.5) is 0 Å². The van der Waals surface area contributed by atoms with E-state index in [2.05, 4.69) is 31.4 Å². The Balaban J connectivity index is 2.35. The minimum Gasteiger partial charge on any atom is -0.392 e. The molecule has 1 saturated heterocycles. The molecule has 3 heteroatoms. The van der Waals surface area contributed by atoms with Crippen molar-refractivity contribution in [2.75, 3.05) is 25.4 Å². The fourth-order valence-corrected chi connectivity index (χ4v) is 1.93. The smallest absolute Gasteiger partial charge is 0.0667 e. The van der Waals surface area contributed by atoms with Crippen molar-refractivity contribution in [2.24, 2.45) is 5.41 Å². The van der Waals surface area contributed by atoms with Gasteiger partial charge in [-0.25, -0.2) is 0 Å². The number of likely N-dealkylation sites (tertiary alicyclic amines) is 1. The SMILES string of the molecule is CC(C)(CS)CN1CCCC(O)C1. The number of β-amino-alcohol motifs (C(OH)–C–C–N with tert-alkyl or cyclic N) is 1. The zero-order valence-electron chi connectivity index (χ0n) is 8.66. The summed E-state index contributed by atoms with van der Waals surface area (Å²) in [4.78, 5) is 2.35. The van der Waals surface area contributed by atoms with Gasteiger partial charge in [-0.2, -0.15) is 12.6 Å². The Bertz CT molecular complexity index is 161. The fourth-order valence-electron chi connectivity index (χ4n) is 1.83. The summed E-state index contributed by atoms with van der Waals surface area (Å²) in [6.07, 6.45) is 1.99. The van der Waals surface area contributed by atoms with Crippen LogP contribution in [0.2, 0.25) is 0 Å². The summed E-state index contributed by atoms with van der Waals surface area (Å²) in [5.41, 5.74) is 0.264. The zero-order valence-corrected chi connectivity index (χ0v) is 9.56. The van der Waals surface area contributed by atoms with E-state index in [9.17, 15) is 5.11 Å². The molecule has 1 aliphatic rings. The molecule has 0 saturated carbocycles. The van der Waals surface area contributed by atoms with Crippen LogP contribution in [0.25, 0.3) is 0 Å². The second kappa shape index (κ2) is 4.67. The number of piperidine rings is 1. The highest BCUT2D eigenvalue weighted by atomic mass is 32.1. The lowest BCUT2D eigenvalue weighted by molar-refractivity contribution is 0.0542. The molecule has 1 atom stereocenters. The van der Waals surface area contributed by atoms with Crippen LogP contribution in [0.1, 0.15) is 26.7 Å². The van der Waals surface area contributed by atoms with Crippen molar-refractivity contribution in [3.8, 4) is 0 Å². The molecule has 78 valence electrons. The third-order valence-electron chi connectivity index (χ3n) is 2.56. The molecule has 0 spiro atoms. The average Bonchev–Trinajstić information content (AvgIpc) is 2.03. The molecule has 0 amide bonds. The average molecular weight is 203 g/mol. The highest BCUT2D eigenvalue weighted by Gasteiger charge is 2.24. The van der Waals surface area contributed by atoms with Gasteiger partial charge in [-0.3, -0.25) is 0 Å². The molecule has 0 aliphatic carbocycles. The topological polar surface area (TPSA) is 23.5 Å². The van der Waals surface area contributed by atoms with E-state index in [0.29, 0.717) is 0 Å². The number of aliphatic hydroxyl groups is 1. The van der Waals surface area contributed by atoms with Crippen molar-refractivity contribution in [3.05, 3.63) is 0 Å². The van der Waals surface area contributed by atoms with Crippen LogP contribution in [0.3, 0.4) is 0 Å². The Hall–Kier alpha value is 0.270. The molecule has 1 unspecified atom stereocenters. The Labute approximate surface area is 86.7 Å². The number of rotatable bonds is 3. The summed E-state index contributed by atoms with van der Waals surface area (Å²) < 4.78 is 0. The van der Waals surface area contributed by atoms with Gasteiger partial charge >= 0.3 is 0 Å². The van der Waals surface area contributed by atoms with Gasteiger partial charge in [0.25, 0.3) is 0 Å². The van der Waals surface area contributed by atoms with E-state index in [1.807, 2.05) is 0 Å². The van der Waals surface area contributed by atoms with E-state index < -0.39 is 0 Å². The fraction of sp³-hybridized carbons (Fsp3) is 1.00. The second-order valence-corrected chi connectivity index (χ2v) is 5.17. The Morgan fingerprint density at radius 1 is 1.54 bits per heavy atom. The molecule has 1 heterocycles. The summed E-state index contributed by atoms with van der Waals surface area (Å²) in [5, 5.41) is 9.49. The van der Waals surface area contributed by atoms with Crippen LogP contribution in [0, 0.1) is 5.41 Å². The summed E-state index contributed by atoms with van der Waals surface area (Å²) in [7, 11) is 0. The minimum absolute atomic E-state index is 0.107. The van der Waals surface area contributed by atoms with E-state index >= 15 is 0 Å². The molecule has 1 aliphatic heterocycles. The first-order valence-corrected chi connectivity index (χ1v) is 5.68. The molecular weight excluding hydrogens is 182 g/mol. The van der Waals surface area contributed by atoms with Crippen LogP contribution < -0.4 is 0 Å². The molecule has 1 rings (SSSR count). The van der Waals surface area contributed by atoms with Crippen molar-refractivity contribution in [1.29, 1.82) is 0 Å². The first-order valence-electron chi connectivity index (χ1n) is 5.05. The predicted molar refractivity (Wildman–Crippen MR) is 59.3 cm³/mol. The largest absolute Gasteiger partial charge is 0.392 e. The molecule has 0 aromatic rings. The van der Waals surface area contributed by atoms with Crippen LogP contribution >= 0.6 is 12.6 Å². The first-order chi connectivity index (χ1) is 6.03. The van der Waals surface area contributed by atoms with Crippen molar-refractivity contribution < 1.29 is 5.11 Å². The van der Waals surface area contributed by atoms with Gasteiger partial charge in [-0.05, 0) is 30.6 Å². The standard InChI is InChI=1S/C10H21NOS/c1-10(2,8-13)7-11-5-3-4-9(12)6-11/h9,12-13H,3-8H2,1-2H3. The maximum absolute atomic E-state index is 9.49. The quantitative estimate of drug-likeness (QED) is 0.677. The lowest BCUT2D eigenvalue weighted by Gasteiger charge is -2.35. The molecule has 0 bridgehead atoms. The molecule has 13 heavy (non-hydrogen) atoms. The van der Waals surface area contributed by atoms with Gasteiger partial charge in [0.1, 0.15) is 0 Å². The van der Waals surface area contributed by atoms with Gasteiger partial charge in [0, 0.05) is 13.1 Å². The number of aliphatic hydroxyl groups excluding tert-OH is 1. The van der Waals surface area contributed by atoms with Crippen molar-refractivity contribution in [1.82, 2.24) is 4.90 Å². The van der Waals surface area contributed by atoms with E-state index in [4.69, 9.17) is 0 Å². The van der Waals surface area contributed by atoms with Crippen LogP contribution in [-0.4, -0.2) is 41.5 Å². The Kier molecular flexibility index (Phi) is 4.07. The molecule has 2 nitrogen and oxygen atoms in total. The molecular formula is C10H21NOS. The highest BCUT2D eigenvalue weighted by Crippen LogP contribution is 2.21. The monoisotopic (exact) mass is 203 g/mol. The van der Waals surface area contributed by atoms with E-state index in [1.54, 1.807) is 0 Å². The summed E-state index contributed by atoms with van der Waals surface area (Å²) in [5.74, 6) is 0.902. The molecule has 0 aromatic heterocycles. The van der Waals surface area contributed by atoms with Gasteiger partial charge < -0.3 is 10.0 Å². The van der Waals surface area contributed by atoms with E-state index in [-0.39, 0.29) is 11.5 Å². The predicted octanol–water partition coefficient (Wildman–Crippen LogP) is 1.40. The Morgan fingerprint density at radius 3 is 2.77 bits per heavy atom. The number of thiol groups is 1. The number of nitrogens with zero attached hydrogens (tertiary/aromatic N) is 1. The van der Waals surface area contributed by atoms with Crippen molar-refractivity contribution in [3.63, 3.8) is 0 Å². The minimum atomic E-state index is -0.107. The zero-order chi connectivity index (χ0) is 9.90. The number of hydrogen-bond acceptors (Lipinski definition) is 3. The number of hydrogen-bond donors (Lipinski definition) is 2. The molecule has 0 aromatic carbocycles. The van der Waals surface area contributed by atoms with Gasteiger partial charge in [0.15, 0.2) is 0 Å². The summed E-state index contributed by atoms with van der Waals surface area (Å²) in [6, 6.07) is 0. The van der Waals surface area contributed by atoms with E-state index in [0.717, 1.165) is 38.2 Å². The summed E-state index contributed by atoms with van der Waals surface area (Å²) >= 11 is 4.33. The van der Waals surface area contributed by atoms with Crippen LogP contribution in [0.5, 0.6) is 0 Å². The van der Waals surface area contributed by atoms with Crippen LogP contribution in [0.15, 0.2) is 0 Å². The van der Waals surface area contributed by atoms with Gasteiger partial charge in [-0.15, -0.1) is 0 Å². The normalized spacial score (nSPS) is 26.3. The lowest BCUT2D eigenvalue weighted by Crippen LogP contribution is -2.43. The van der Waals surface area contributed by atoms with Crippen molar-refractivity contribution >= 4 is 12.6 Å². The lowest BCUT2D eigenvalue weighted by atomic mass is 9.94. The van der Waals surface area contributed by atoms with Crippen LogP contribution in [-0.2, 0) is 0 Å². The Morgan fingerprint density at radius 2 is 2.23 bits per heavy atom. The first kappa shape index (κ1) is 11.3. The van der Waals surface area contributed by atoms with E-state index in [1.165, 1.54) is 0 Å². The maximum Gasteiger partial charge on any atom is 0.0667 e. The molecule has 1 N–H and O–H groups in total. The van der Waals surface area contributed by atoms with Gasteiger partial charge in [-0.1, -0.05) is 13.8 Å². The maximum atomic E-state index is 9.49. The molecule has 1 fully saturated rings. The third kappa shape index (κ3) is 3.88.